The van der Waals surface area contributed by atoms with E-state index in [1.807, 2.05) is 17.0 Å². The summed E-state index contributed by atoms with van der Waals surface area (Å²) in [6.45, 7) is 3.90. The summed E-state index contributed by atoms with van der Waals surface area (Å²) in [4.78, 5) is 19.2. The van der Waals surface area contributed by atoms with E-state index in [4.69, 9.17) is 0 Å². The largest absolute Gasteiger partial charge is 0.342 e. The summed E-state index contributed by atoms with van der Waals surface area (Å²) >= 11 is 0. The molecule has 138 valence electrons. The van der Waals surface area contributed by atoms with Crippen molar-refractivity contribution in [3.8, 4) is 0 Å². The highest BCUT2D eigenvalue weighted by atomic mass is 32.2. The molecular weight excluding hydrogens is 338 g/mol. The van der Waals surface area contributed by atoms with Gasteiger partial charge in [0, 0.05) is 44.5 Å². The molecule has 0 spiro atoms. The van der Waals surface area contributed by atoms with E-state index in [0.29, 0.717) is 13.1 Å². The van der Waals surface area contributed by atoms with Crippen LogP contribution in [0.15, 0.2) is 24.5 Å². The lowest BCUT2D eigenvalue weighted by molar-refractivity contribution is -0.135. The minimum Gasteiger partial charge on any atom is -0.342 e. The van der Waals surface area contributed by atoms with Gasteiger partial charge in [-0.15, -0.1) is 0 Å². The van der Waals surface area contributed by atoms with Crippen molar-refractivity contribution in [1.82, 2.24) is 14.2 Å². The van der Waals surface area contributed by atoms with E-state index in [0.717, 1.165) is 31.5 Å². The van der Waals surface area contributed by atoms with Gasteiger partial charge in [-0.1, -0.05) is 12.8 Å². The number of likely N-dealkylation sites (tertiary alicyclic amines) is 1. The summed E-state index contributed by atoms with van der Waals surface area (Å²) in [5, 5.41) is 0. The number of aromatic nitrogens is 1. The number of amides is 1. The molecule has 1 aromatic heterocycles. The Morgan fingerprint density at radius 2 is 1.76 bits per heavy atom. The number of hydrogen-bond donors (Lipinski definition) is 0. The molecular formula is C18H27N3O3S. The average molecular weight is 365 g/mol. The van der Waals surface area contributed by atoms with E-state index in [1.54, 1.807) is 19.3 Å². The predicted octanol–water partition coefficient (Wildman–Crippen LogP) is 1.85. The fraction of sp³-hybridized carbons (Fsp3) is 0.667. The Labute approximate surface area is 150 Å². The van der Waals surface area contributed by atoms with Crippen LogP contribution in [0.4, 0.5) is 0 Å². The van der Waals surface area contributed by atoms with Crippen LogP contribution in [0.25, 0.3) is 0 Å². The Hall–Kier alpha value is -1.47. The number of rotatable bonds is 4. The van der Waals surface area contributed by atoms with Crippen molar-refractivity contribution in [2.75, 3.05) is 31.9 Å². The molecule has 0 radical (unpaired) electrons. The minimum atomic E-state index is -3.30. The molecule has 2 aliphatic heterocycles. The molecule has 25 heavy (non-hydrogen) atoms. The molecule has 3 rings (SSSR count). The van der Waals surface area contributed by atoms with Gasteiger partial charge in [0.05, 0.1) is 11.7 Å². The third-order valence-electron chi connectivity index (χ3n) is 5.41. The first-order chi connectivity index (χ1) is 12.0. The van der Waals surface area contributed by atoms with Crippen LogP contribution in [0.3, 0.4) is 0 Å². The van der Waals surface area contributed by atoms with Gasteiger partial charge in [-0.2, -0.15) is 0 Å². The van der Waals surface area contributed by atoms with Gasteiger partial charge in [0.15, 0.2) is 0 Å². The molecule has 0 aliphatic carbocycles. The maximum atomic E-state index is 13.2. The van der Waals surface area contributed by atoms with Gasteiger partial charge < -0.3 is 4.90 Å². The Morgan fingerprint density at radius 3 is 2.36 bits per heavy atom. The zero-order valence-corrected chi connectivity index (χ0v) is 15.6. The molecule has 2 saturated heterocycles. The number of nitrogens with zero attached hydrogens (tertiary/aromatic N) is 3. The summed E-state index contributed by atoms with van der Waals surface area (Å²) < 4.78 is 26.2. The SMILES string of the molecule is CCS(=O)(=O)N1C[C@@H](C(=O)N2CCCCCC2)[C@H](c2ccncc2)C1. The topological polar surface area (TPSA) is 70.6 Å². The zero-order chi connectivity index (χ0) is 17.9. The quantitative estimate of drug-likeness (QED) is 0.816. The third-order valence-corrected chi connectivity index (χ3v) is 7.23. The van der Waals surface area contributed by atoms with Crippen LogP contribution in [-0.4, -0.2) is 60.4 Å². The molecule has 2 fully saturated rings. The molecule has 2 aliphatic rings. The first-order valence-electron chi connectivity index (χ1n) is 9.19. The average Bonchev–Trinajstić information content (AvgIpc) is 2.91. The van der Waals surface area contributed by atoms with Gasteiger partial charge in [0.2, 0.25) is 15.9 Å². The number of carbonyl (C=O) groups excluding carboxylic acids is 1. The normalized spacial score (nSPS) is 25.7. The molecule has 0 saturated carbocycles. The van der Waals surface area contributed by atoms with Crippen LogP contribution < -0.4 is 0 Å². The van der Waals surface area contributed by atoms with E-state index >= 15 is 0 Å². The van der Waals surface area contributed by atoms with Gasteiger partial charge in [-0.05, 0) is 37.5 Å². The van der Waals surface area contributed by atoms with E-state index in [-0.39, 0.29) is 23.5 Å². The lowest BCUT2D eigenvalue weighted by atomic mass is 9.88. The van der Waals surface area contributed by atoms with Crippen molar-refractivity contribution < 1.29 is 13.2 Å². The number of pyridine rings is 1. The molecule has 0 bridgehead atoms. The summed E-state index contributed by atoms with van der Waals surface area (Å²) in [5.41, 5.74) is 0.997. The summed E-state index contributed by atoms with van der Waals surface area (Å²) in [6, 6.07) is 3.80. The third kappa shape index (κ3) is 4.03. The Bertz CT molecular complexity index is 685. The fourth-order valence-electron chi connectivity index (χ4n) is 3.90. The second-order valence-electron chi connectivity index (χ2n) is 6.95. The van der Waals surface area contributed by atoms with Gasteiger partial charge >= 0.3 is 0 Å². The maximum absolute atomic E-state index is 13.2. The molecule has 1 amide bonds. The van der Waals surface area contributed by atoms with Crippen molar-refractivity contribution >= 4 is 15.9 Å². The summed E-state index contributed by atoms with van der Waals surface area (Å²) in [7, 11) is -3.30. The first kappa shape index (κ1) is 18.3. The molecule has 0 aromatic carbocycles. The van der Waals surface area contributed by atoms with Gasteiger partial charge in [-0.25, -0.2) is 12.7 Å². The molecule has 0 N–H and O–H groups in total. The van der Waals surface area contributed by atoms with Gasteiger partial charge in [0.25, 0.3) is 0 Å². The molecule has 2 atom stereocenters. The smallest absolute Gasteiger partial charge is 0.227 e. The first-order valence-corrected chi connectivity index (χ1v) is 10.8. The number of hydrogen-bond acceptors (Lipinski definition) is 4. The van der Waals surface area contributed by atoms with Crippen LogP contribution >= 0.6 is 0 Å². The Kier molecular flexibility index (Phi) is 5.74. The highest BCUT2D eigenvalue weighted by molar-refractivity contribution is 7.89. The van der Waals surface area contributed by atoms with Gasteiger partial charge in [0.1, 0.15) is 0 Å². The van der Waals surface area contributed by atoms with E-state index in [2.05, 4.69) is 4.98 Å². The number of sulfonamides is 1. The fourth-order valence-corrected chi connectivity index (χ4v) is 5.04. The molecule has 1 aromatic rings. The lowest BCUT2D eigenvalue weighted by Gasteiger charge is -2.26. The van der Waals surface area contributed by atoms with Crippen LogP contribution in [-0.2, 0) is 14.8 Å². The van der Waals surface area contributed by atoms with Crippen LogP contribution in [0.5, 0.6) is 0 Å². The second-order valence-corrected chi connectivity index (χ2v) is 9.21. The second kappa shape index (κ2) is 7.83. The monoisotopic (exact) mass is 365 g/mol. The molecule has 6 nitrogen and oxygen atoms in total. The van der Waals surface area contributed by atoms with Crippen molar-refractivity contribution in [1.29, 1.82) is 0 Å². The van der Waals surface area contributed by atoms with E-state index in [9.17, 15) is 13.2 Å². The predicted molar refractivity (Wildman–Crippen MR) is 96.5 cm³/mol. The maximum Gasteiger partial charge on any atom is 0.227 e. The van der Waals surface area contributed by atoms with Crippen molar-refractivity contribution in [3.63, 3.8) is 0 Å². The van der Waals surface area contributed by atoms with E-state index in [1.165, 1.54) is 17.1 Å². The van der Waals surface area contributed by atoms with Gasteiger partial charge in [-0.3, -0.25) is 9.78 Å². The Balaban J connectivity index is 1.86. The molecule has 3 heterocycles. The number of carbonyl (C=O) groups is 1. The molecule has 0 unspecified atom stereocenters. The highest BCUT2D eigenvalue weighted by Gasteiger charge is 2.43. The minimum absolute atomic E-state index is 0.0701. The van der Waals surface area contributed by atoms with E-state index < -0.39 is 10.0 Å². The van der Waals surface area contributed by atoms with Crippen molar-refractivity contribution in [3.05, 3.63) is 30.1 Å². The standard InChI is InChI=1S/C18H27N3O3S/c1-2-25(23,24)21-13-16(15-7-9-19-10-8-15)17(14-21)18(22)20-11-5-3-4-6-12-20/h7-10,16-17H,2-6,11-14H2,1H3/t16-,17+/m0/s1. The lowest BCUT2D eigenvalue weighted by Crippen LogP contribution is -2.40. The zero-order valence-electron chi connectivity index (χ0n) is 14.8. The Morgan fingerprint density at radius 1 is 1.12 bits per heavy atom. The van der Waals surface area contributed by atoms with Crippen molar-refractivity contribution in [2.24, 2.45) is 5.92 Å². The van der Waals surface area contributed by atoms with Crippen molar-refractivity contribution in [2.45, 2.75) is 38.5 Å². The van der Waals surface area contributed by atoms with Crippen LogP contribution in [0.1, 0.15) is 44.1 Å². The highest BCUT2D eigenvalue weighted by Crippen LogP contribution is 2.35. The van der Waals surface area contributed by atoms with Crippen LogP contribution in [0.2, 0.25) is 0 Å². The molecule has 7 heteroatoms. The summed E-state index contributed by atoms with van der Waals surface area (Å²) in [6.07, 6.45) is 7.82. The summed E-state index contributed by atoms with van der Waals surface area (Å²) in [5.74, 6) is -0.222. The van der Waals surface area contributed by atoms with Crippen LogP contribution in [0, 0.1) is 5.92 Å².